The second-order valence-corrected chi connectivity index (χ2v) is 7.57. The monoisotopic (exact) mass is 352 g/mol. The molecule has 2 aromatic heterocycles. The van der Waals surface area contributed by atoms with Gasteiger partial charge >= 0.3 is 0 Å². The zero-order chi connectivity index (χ0) is 17.4. The van der Waals surface area contributed by atoms with E-state index < -0.39 is 0 Å². The molecule has 0 radical (unpaired) electrons. The average Bonchev–Trinajstić information content (AvgIpc) is 3.33. The molecule has 3 aromatic rings. The van der Waals surface area contributed by atoms with Crippen molar-refractivity contribution >= 4 is 34.0 Å². The summed E-state index contributed by atoms with van der Waals surface area (Å²) in [5.41, 5.74) is 2.54. The number of aromatic nitrogens is 2. The first-order valence-corrected chi connectivity index (χ1v) is 9.31. The van der Waals surface area contributed by atoms with Gasteiger partial charge in [0.25, 0.3) is 5.91 Å². The molecule has 0 unspecified atom stereocenters. The van der Waals surface area contributed by atoms with E-state index in [1.54, 1.807) is 11.3 Å². The molecule has 1 amide bonds. The second-order valence-electron chi connectivity index (χ2n) is 6.51. The summed E-state index contributed by atoms with van der Waals surface area (Å²) in [4.78, 5) is 24.0. The number of rotatable bonds is 5. The molecule has 0 saturated heterocycles. The van der Waals surface area contributed by atoms with Crippen molar-refractivity contribution in [2.75, 3.05) is 11.9 Å². The third-order valence-corrected chi connectivity index (χ3v) is 5.14. The Hall–Kier alpha value is -2.47. The number of aryl methyl sites for hydroxylation is 1. The lowest BCUT2D eigenvalue weighted by Crippen LogP contribution is -2.26. The number of fused-ring (bicyclic) bond motifs is 1. The van der Waals surface area contributed by atoms with Crippen LogP contribution in [0.15, 0.2) is 35.7 Å². The number of para-hydroxylation sites is 1. The number of carbonyl (C=O) groups excluding carboxylic acids is 1. The van der Waals surface area contributed by atoms with Gasteiger partial charge in [-0.05, 0) is 31.9 Å². The molecule has 6 heteroatoms. The van der Waals surface area contributed by atoms with E-state index in [0.717, 1.165) is 40.3 Å². The summed E-state index contributed by atoms with van der Waals surface area (Å²) in [6.45, 7) is 2.67. The summed E-state index contributed by atoms with van der Waals surface area (Å²) in [7, 11) is 1.98. The van der Waals surface area contributed by atoms with Gasteiger partial charge < -0.3 is 10.2 Å². The number of hydrogen-bond acceptors (Lipinski definition) is 5. The standard InChI is InChI=1S/C19H20N4OS/c1-12-20-14(11-25-12)10-23(2)18-9-16(19(24)21-13-7-8-13)15-5-3-4-6-17(15)22-18/h3-6,9,11,13H,7-8,10H2,1-2H3,(H,21,24). The van der Waals surface area contributed by atoms with E-state index in [4.69, 9.17) is 4.98 Å². The highest BCUT2D eigenvalue weighted by molar-refractivity contribution is 7.09. The van der Waals surface area contributed by atoms with Crippen molar-refractivity contribution in [1.29, 1.82) is 0 Å². The van der Waals surface area contributed by atoms with Crippen LogP contribution in [-0.2, 0) is 6.54 Å². The number of benzene rings is 1. The van der Waals surface area contributed by atoms with Crippen molar-refractivity contribution in [2.45, 2.75) is 32.4 Å². The van der Waals surface area contributed by atoms with E-state index in [1.165, 1.54) is 0 Å². The zero-order valence-corrected chi connectivity index (χ0v) is 15.1. The topological polar surface area (TPSA) is 58.1 Å². The van der Waals surface area contributed by atoms with Crippen LogP contribution in [0.1, 0.15) is 33.9 Å². The Bertz CT molecular complexity index is 932. The van der Waals surface area contributed by atoms with Gasteiger partial charge in [0.05, 0.1) is 28.3 Å². The number of pyridine rings is 1. The third-order valence-electron chi connectivity index (χ3n) is 4.32. The molecule has 1 aliphatic carbocycles. The molecule has 5 nitrogen and oxygen atoms in total. The fourth-order valence-corrected chi connectivity index (χ4v) is 3.44. The van der Waals surface area contributed by atoms with E-state index in [0.29, 0.717) is 18.2 Å². The summed E-state index contributed by atoms with van der Waals surface area (Å²) in [6.07, 6.45) is 2.15. The Labute approximate surface area is 150 Å². The van der Waals surface area contributed by atoms with Crippen molar-refractivity contribution in [3.8, 4) is 0 Å². The minimum Gasteiger partial charge on any atom is -0.354 e. The number of amides is 1. The molecule has 1 aliphatic rings. The summed E-state index contributed by atoms with van der Waals surface area (Å²) in [5, 5.41) is 7.09. The van der Waals surface area contributed by atoms with E-state index in [9.17, 15) is 4.79 Å². The number of thiazole rings is 1. The Morgan fingerprint density at radius 3 is 2.84 bits per heavy atom. The van der Waals surface area contributed by atoms with Crippen molar-refractivity contribution < 1.29 is 4.79 Å². The Kier molecular flexibility index (Phi) is 4.13. The molecule has 1 N–H and O–H groups in total. The first kappa shape index (κ1) is 16.0. The van der Waals surface area contributed by atoms with Gasteiger partial charge in [-0.3, -0.25) is 4.79 Å². The van der Waals surface area contributed by atoms with Gasteiger partial charge in [0.2, 0.25) is 0 Å². The molecular weight excluding hydrogens is 332 g/mol. The highest BCUT2D eigenvalue weighted by Crippen LogP contribution is 2.25. The first-order valence-electron chi connectivity index (χ1n) is 8.43. The smallest absolute Gasteiger partial charge is 0.252 e. The predicted octanol–water partition coefficient (Wildman–Crippen LogP) is 3.53. The number of hydrogen-bond donors (Lipinski definition) is 1. The number of nitrogens with zero attached hydrogens (tertiary/aromatic N) is 3. The van der Waals surface area contributed by atoms with Crippen LogP contribution in [0.3, 0.4) is 0 Å². The number of anilines is 1. The van der Waals surface area contributed by atoms with Gasteiger partial charge in [0, 0.05) is 23.9 Å². The summed E-state index contributed by atoms with van der Waals surface area (Å²) in [5.74, 6) is 0.769. The molecule has 0 atom stereocenters. The maximum Gasteiger partial charge on any atom is 0.252 e. The third kappa shape index (κ3) is 3.49. The van der Waals surface area contributed by atoms with Crippen LogP contribution in [0.25, 0.3) is 10.9 Å². The number of nitrogens with one attached hydrogen (secondary N) is 1. The Morgan fingerprint density at radius 2 is 2.12 bits per heavy atom. The van der Waals surface area contributed by atoms with E-state index in [-0.39, 0.29) is 5.91 Å². The molecular formula is C19H20N4OS. The molecule has 4 rings (SSSR count). The fourth-order valence-electron chi connectivity index (χ4n) is 2.84. The maximum atomic E-state index is 12.7. The molecule has 0 aliphatic heterocycles. The minimum absolute atomic E-state index is 0.0137. The van der Waals surface area contributed by atoms with Crippen LogP contribution in [0.4, 0.5) is 5.82 Å². The fraction of sp³-hybridized carbons (Fsp3) is 0.316. The van der Waals surface area contributed by atoms with Gasteiger partial charge in [-0.1, -0.05) is 18.2 Å². The van der Waals surface area contributed by atoms with Crippen molar-refractivity contribution in [3.63, 3.8) is 0 Å². The van der Waals surface area contributed by atoms with E-state index in [2.05, 4.69) is 15.7 Å². The van der Waals surface area contributed by atoms with Gasteiger partial charge in [0.15, 0.2) is 0 Å². The van der Waals surface area contributed by atoms with Gasteiger partial charge in [-0.25, -0.2) is 9.97 Å². The Morgan fingerprint density at radius 1 is 1.32 bits per heavy atom. The van der Waals surface area contributed by atoms with Gasteiger partial charge in [-0.15, -0.1) is 11.3 Å². The molecule has 0 bridgehead atoms. The van der Waals surface area contributed by atoms with Gasteiger partial charge in [0.1, 0.15) is 5.82 Å². The van der Waals surface area contributed by atoms with E-state index in [1.807, 2.05) is 49.2 Å². The summed E-state index contributed by atoms with van der Waals surface area (Å²) < 4.78 is 0. The van der Waals surface area contributed by atoms with Crippen LogP contribution < -0.4 is 10.2 Å². The highest BCUT2D eigenvalue weighted by atomic mass is 32.1. The van der Waals surface area contributed by atoms with Crippen LogP contribution in [0.5, 0.6) is 0 Å². The largest absolute Gasteiger partial charge is 0.354 e. The van der Waals surface area contributed by atoms with Crippen molar-refractivity contribution in [2.24, 2.45) is 0 Å². The zero-order valence-electron chi connectivity index (χ0n) is 14.3. The molecule has 1 saturated carbocycles. The maximum absolute atomic E-state index is 12.7. The van der Waals surface area contributed by atoms with Crippen LogP contribution >= 0.6 is 11.3 Å². The normalized spacial score (nSPS) is 13.8. The Balaban J connectivity index is 1.69. The molecule has 1 aromatic carbocycles. The molecule has 0 spiro atoms. The summed E-state index contributed by atoms with van der Waals surface area (Å²) >= 11 is 1.64. The lowest BCUT2D eigenvalue weighted by Gasteiger charge is -2.19. The van der Waals surface area contributed by atoms with Crippen LogP contribution in [0.2, 0.25) is 0 Å². The average molecular weight is 352 g/mol. The number of carbonyl (C=O) groups is 1. The van der Waals surface area contributed by atoms with Crippen molar-refractivity contribution in [3.05, 3.63) is 52.0 Å². The first-order chi connectivity index (χ1) is 12.1. The lowest BCUT2D eigenvalue weighted by molar-refractivity contribution is 0.0952. The molecule has 25 heavy (non-hydrogen) atoms. The minimum atomic E-state index is -0.0137. The highest BCUT2D eigenvalue weighted by Gasteiger charge is 2.25. The predicted molar refractivity (Wildman–Crippen MR) is 101 cm³/mol. The SMILES string of the molecule is Cc1nc(CN(C)c2cc(C(=O)NC3CC3)c3ccccc3n2)cs1. The second kappa shape index (κ2) is 6.44. The summed E-state index contributed by atoms with van der Waals surface area (Å²) in [6, 6.07) is 10.0. The molecule has 2 heterocycles. The van der Waals surface area contributed by atoms with Crippen LogP contribution in [0, 0.1) is 6.92 Å². The lowest BCUT2D eigenvalue weighted by atomic mass is 10.1. The molecule has 128 valence electrons. The molecule has 1 fully saturated rings. The van der Waals surface area contributed by atoms with E-state index >= 15 is 0 Å². The quantitative estimate of drug-likeness (QED) is 0.763. The van der Waals surface area contributed by atoms with Gasteiger partial charge in [-0.2, -0.15) is 0 Å². The van der Waals surface area contributed by atoms with Crippen molar-refractivity contribution in [1.82, 2.24) is 15.3 Å². The van der Waals surface area contributed by atoms with Crippen LogP contribution in [-0.4, -0.2) is 29.0 Å².